The van der Waals surface area contributed by atoms with Gasteiger partial charge in [-0.1, -0.05) is 35.4 Å². The highest BCUT2D eigenvalue weighted by Gasteiger charge is 2.55. The summed E-state index contributed by atoms with van der Waals surface area (Å²) in [5, 5.41) is 25.0. The molecule has 4 aliphatic rings. The first-order chi connectivity index (χ1) is 17.9. The van der Waals surface area contributed by atoms with Gasteiger partial charge in [0.05, 0.1) is 37.0 Å². The van der Waals surface area contributed by atoms with Crippen molar-refractivity contribution in [2.45, 2.75) is 75.3 Å². The standard InChI is InChI=1S/C27H35ClN2O8/c1-15-7-6-8-22(36-5)27(34)14-19(37-25(33)29-27)20-13-26(2,38-20)21(31)12-23(32)30(3)17-10-16(9-15)11-18(35-4)24(17)28/h6-8,10-11,19-22,31,34H,9,12-14H2,1-5H3,(H,29,33)/b8-6+,15-7+/t19?,20?,21?,22?,26?,27-/m0/s1. The number of hydrogen-bond acceptors (Lipinski definition) is 8. The molecule has 208 valence electrons. The molecule has 6 bridgehead atoms. The number of benzene rings is 1. The van der Waals surface area contributed by atoms with E-state index in [0.29, 0.717) is 24.3 Å². The lowest BCUT2D eigenvalue weighted by Gasteiger charge is -2.52. The molecular weight excluding hydrogens is 516 g/mol. The van der Waals surface area contributed by atoms with Crippen LogP contribution >= 0.6 is 11.6 Å². The number of carbonyl (C=O) groups is 2. The van der Waals surface area contributed by atoms with E-state index >= 15 is 0 Å². The molecule has 11 heteroatoms. The molecule has 3 N–H and O–H groups in total. The summed E-state index contributed by atoms with van der Waals surface area (Å²) in [5.41, 5.74) is -0.479. The maximum Gasteiger partial charge on any atom is 0.409 e. The molecule has 2 amide bonds. The molecule has 1 aromatic rings. The predicted octanol–water partition coefficient (Wildman–Crippen LogP) is 2.87. The van der Waals surface area contributed by atoms with Crippen LogP contribution in [-0.4, -0.2) is 79.2 Å². The first kappa shape index (κ1) is 28.4. The third-order valence-corrected chi connectivity index (χ3v) is 7.89. The quantitative estimate of drug-likeness (QED) is 0.513. The van der Waals surface area contributed by atoms with Crippen LogP contribution in [0.4, 0.5) is 10.5 Å². The fraction of sp³-hybridized carbons (Fsp3) is 0.556. The monoisotopic (exact) mass is 550 g/mol. The van der Waals surface area contributed by atoms with Crippen LogP contribution in [0.5, 0.6) is 5.75 Å². The normalized spacial score (nSPS) is 36.3. The number of alkyl carbamates (subject to hydrolysis) is 1. The van der Waals surface area contributed by atoms with Gasteiger partial charge in [-0.2, -0.15) is 0 Å². The lowest BCUT2D eigenvalue weighted by atomic mass is 9.80. The topological polar surface area (TPSA) is 127 Å². The number of aliphatic hydroxyl groups is 2. The number of rotatable bonds is 2. The molecule has 0 saturated carbocycles. The van der Waals surface area contributed by atoms with Crippen LogP contribution in [-0.2, 0) is 25.4 Å². The number of carbonyl (C=O) groups excluding carboxylic acids is 2. The number of allylic oxidation sites excluding steroid dienone is 3. The van der Waals surface area contributed by atoms with Gasteiger partial charge in [0.2, 0.25) is 5.91 Å². The molecule has 1 aromatic carbocycles. The summed E-state index contributed by atoms with van der Waals surface area (Å²) in [7, 11) is 4.55. The molecule has 4 aliphatic heterocycles. The molecule has 6 atom stereocenters. The van der Waals surface area contributed by atoms with Crippen LogP contribution in [0.3, 0.4) is 0 Å². The molecule has 0 aromatic heterocycles. The third kappa shape index (κ3) is 5.55. The van der Waals surface area contributed by atoms with E-state index in [4.69, 9.17) is 30.5 Å². The summed E-state index contributed by atoms with van der Waals surface area (Å²) in [6, 6.07) is 3.63. The lowest BCUT2D eigenvalue weighted by Crippen LogP contribution is -2.68. The molecule has 5 rings (SSSR count). The van der Waals surface area contributed by atoms with Crippen LogP contribution < -0.4 is 15.0 Å². The van der Waals surface area contributed by atoms with Gasteiger partial charge in [-0.05, 0) is 38.0 Å². The number of ether oxygens (including phenoxy) is 4. The molecule has 5 unspecified atom stereocenters. The Hall–Kier alpha value is -2.63. The number of amides is 2. The molecule has 2 saturated heterocycles. The summed E-state index contributed by atoms with van der Waals surface area (Å²) in [4.78, 5) is 26.9. The number of hydrogen-bond donors (Lipinski definition) is 3. The average molecular weight is 551 g/mol. The molecule has 0 aliphatic carbocycles. The van der Waals surface area contributed by atoms with Crippen LogP contribution in [0.15, 0.2) is 35.9 Å². The summed E-state index contributed by atoms with van der Waals surface area (Å²) >= 11 is 6.56. The Bertz CT molecular complexity index is 1150. The van der Waals surface area contributed by atoms with Crippen LogP contribution in [0, 0.1) is 0 Å². The molecule has 0 spiro atoms. The van der Waals surface area contributed by atoms with E-state index < -0.39 is 41.8 Å². The first-order valence-electron chi connectivity index (χ1n) is 12.5. The zero-order valence-corrected chi connectivity index (χ0v) is 22.9. The van der Waals surface area contributed by atoms with Crippen LogP contribution in [0.2, 0.25) is 5.02 Å². The van der Waals surface area contributed by atoms with Gasteiger partial charge in [-0.15, -0.1) is 0 Å². The minimum absolute atomic E-state index is 0.00687. The SMILES string of the molecule is COc1cc2cc(c1Cl)N(C)C(=O)CC(O)C1(C)CC(O1)C1C[C@@](O)(NC(=O)O1)C(OC)/C=C/C=C(\C)C2. The van der Waals surface area contributed by atoms with E-state index in [0.717, 1.165) is 11.1 Å². The molecule has 0 radical (unpaired) electrons. The van der Waals surface area contributed by atoms with Gasteiger partial charge in [0.15, 0.2) is 5.72 Å². The van der Waals surface area contributed by atoms with Crippen molar-refractivity contribution in [1.29, 1.82) is 0 Å². The summed E-state index contributed by atoms with van der Waals surface area (Å²) in [6.45, 7) is 3.64. The fourth-order valence-corrected chi connectivity index (χ4v) is 5.53. The van der Waals surface area contributed by atoms with Gasteiger partial charge < -0.3 is 34.1 Å². The predicted molar refractivity (Wildman–Crippen MR) is 140 cm³/mol. The van der Waals surface area contributed by atoms with E-state index in [1.54, 1.807) is 26.1 Å². The van der Waals surface area contributed by atoms with Gasteiger partial charge in [0.1, 0.15) is 23.0 Å². The zero-order valence-electron chi connectivity index (χ0n) is 22.2. The second kappa shape index (κ2) is 10.9. The minimum Gasteiger partial charge on any atom is -0.495 e. The van der Waals surface area contributed by atoms with Gasteiger partial charge in [0, 0.05) is 27.0 Å². The molecule has 4 heterocycles. The smallest absolute Gasteiger partial charge is 0.409 e. The number of aliphatic hydroxyl groups excluding tert-OH is 1. The molecular formula is C27H35ClN2O8. The lowest BCUT2D eigenvalue weighted by molar-refractivity contribution is -0.276. The number of nitrogens with zero attached hydrogens (tertiary/aromatic N) is 1. The highest BCUT2D eigenvalue weighted by molar-refractivity contribution is 6.35. The van der Waals surface area contributed by atoms with Crippen molar-refractivity contribution in [1.82, 2.24) is 5.32 Å². The number of methoxy groups -OCH3 is 2. The van der Waals surface area contributed by atoms with Crippen LogP contribution in [0.1, 0.15) is 38.7 Å². The van der Waals surface area contributed by atoms with Crippen molar-refractivity contribution in [3.05, 3.63) is 46.5 Å². The van der Waals surface area contributed by atoms with Crippen molar-refractivity contribution in [2.75, 3.05) is 26.2 Å². The Morgan fingerprint density at radius 2 is 1.92 bits per heavy atom. The largest absolute Gasteiger partial charge is 0.495 e. The molecule has 2 fully saturated rings. The van der Waals surface area contributed by atoms with Crippen molar-refractivity contribution in [2.24, 2.45) is 0 Å². The van der Waals surface area contributed by atoms with Crippen molar-refractivity contribution in [3.63, 3.8) is 0 Å². The minimum atomic E-state index is -1.74. The maximum atomic E-state index is 13.2. The highest BCUT2D eigenvalue weighted by atomic mass is 35.5. The van der Waals surface area contributed by atoms with E-state index in [2.05, 4.69) is 5.32 Å². The Morgan fingerprint density at radius 3 is 2.58 bits per heavy atom. The number of halogens is 1. The summed E-state index contributed by atoms with van der Waals surface area (Å²) in [6.07, 6.45) is 1.79. The maximum absolute atomic E-state index is 13.2. The number of anilines is 1. The van der Waals surface area contributed by atoms with Crippen molar-refractivity contribution >= 4 is 29.3 Å². The third-order valence-electron chi connectivity index (χ3n) is 7.51. The number of fused-ring (bicyclic) bond motifs is 6. The summed E-state index contributed by atoms with van der Waals surface area (Å²) < 4.78 is 22.4. The van der Waals surface area contributed by atoms with Crippen molar-refractivity contribution < 1.29 is 38.7 Å². The Kier molecular flexibility index (Phi) is 8.11. The first-order valence-corrected chi connectivity index (χ1v) is 12.8. The van der Waals surface area contributed by atoms with E-state index in [9.17, 15) is 19.8 Å². The van der Waals surface area contributed by atoms with Gasteiger partial charge >= 0.3 is 6.09 Å². The van der Waals surface area contributed by atoms with E-state index in [-0.39, 0.29) is 23.8 Å². The second-order valence-electron chi connectivity index (χ2n) is 10.4. The van der Waals surface area contributed by atoms with Crippen LogP contribution in [0.25, 0.3) is 0 Å². The molecule has 38 heavy (non-hydrogen) atoms. The van der Waals surface area contributed by atoms with Crippen molar-refractivity contribution in [3.8, 4) is 5.75 Å². The summed E-state index contributed by atoms with van der Waals surface area (Å²) in [5.74, 6) is 0.0704. The highest BCUT2D eigenvalue weighted by Crippen LogP contribution is 2.42. The van der Waals surface area contributed by atoms with E-state index in [1.165, 1.54) is 19.1 Å². The Balaban J connectivity index is 1.72. The number of nitrogens with one attached hydrogen (secondary N) is 1. The average Bonchev–Trinajstić information content (AvgIpc) is 2.83. The Morgan fingerprint density at radius 1 is 1.21 bits per heavy atom. The second-order valence-corrected chi connectivity index (χ2v) is 10.8. The van der Waals surface area contributed by atoms with Gasteiger partial charge in [0.25, 0.3) is 0 Å². The van der Waals surface area contributed by atoms with Gasteiger partial charge in [-0.3, -0.25) is 10.1 Å². The zero-order chi connectivity index (χ0) is 27.8. The fourth-order valence-electron chi connectivity index (χ4n) is 5.22. The van der Waals surface area contributed by atoms with Gasteiger partial charge in [-0.25, -0.2) is 4.79 Å². The Labute approximate surface area is 227 Å². The molecule has 10 nitrogen and oxygen atoms in total. The van der Waals surface area contributed by atoms with E-state index in [1.807, 2.05) is 25.1 Å².